The predicted molar refractivity (Wildman–Crippen MR) is 86.5 cm³/mol. The summed E-state index contributed by atoms with van der Waals surface area (Å²) in [5.74, 6) is 1.37. The van der Waals surface area contributed by atoms with Crippen LogP contribution in [-0.4, -0.2) is 36.3 Å². The lowest BCUT2D eigenvalue weighted by atomic mass is 10.1. The van der Waals surface area contributed by atoms with Crippen LogP contribution in [0.5, 0.6) is 5.75 Å². The largest absolute Gasteiger partial charge is 0.497 e. The molecule has 3 rings (SSSR count). The average Bonchev–Trinajstić information content (AvgIpc) is 3.04. The first-order valence-electron chi connectivity index (χ1n) is 6.82. The van der Waals surface area contributed by atoms with Crippen LogP contribution in [0.4, 0.5) is 0 Å². The van der Waals surface area contributed by atoms with Crippen molar-refractivity contribution < 1.29 is 13.2 Å². The van der Waals surface area contributed by atoms with Crippen LogP contribution in [0.1, 0.15) is 0 Å². The summed E-state index contributed by atoms with van der Waals surface area (Å²) in [7, 11) is -1.64. The molecule has 2 heterocycles. The van der Waals surface area contributed by atoms with E-state index >= 15 is 0 Å². The van der Waals surface area contributed by atoms with Gasteiger partial charge < -0.3 is 4.74 Å². The standard InChI is InChI=1S/C16H15N3O3S/c1-22-13-5-3-12(4-6-13)15-10-17-11-19(15)16-8-7-14(9-18-16)23(2,20)21/h3-11H,1-2H3. The van der Waals surface area contributed by atoms with E-state index in [2.05, 4.69) is 9.97 Å². The van der Waals surface area contributed by atoms with Crippen molar-refractivity contribution >= 4 is 9.84 Å². The monoisotopic (exact) mass is 329 g/mol. The van der Waals surface area contributed by atoms with Crippen molar-refractivity contribution in [1.29, 1.82) is 0 Å². The molecule has 118 valence electrons. The summed E-state index contributed by atoms with van der Waals surface area (Å²) in [4.78, 5) is 8.58. The average molecular weight is 329 g/mol. The SMILES string of the molecule is COc1ccc(-c2cncn2-c2ccc(S(C)(=O)=O)cn2)cc1. The van der Waals surface area contributed by atoms with Gasteiger partial charge in [-0.1, -0.05) is 0 Å². The Balaban J connectivity index is 2.00. The molecule has 0 saturated carbocycles. The van der Waals surface area contributed by atoms with E-state index in [1.54, 1.807) is 30.3 Å². The number of rotatable bonds is 4. The lowest BCUT2D eigenvalue weighted by Gasteiger charge is -2.08. The topological polar surface area (TPSA) is 74.1 Å². The second kappa shape index (κ2) is 5.85. The minimum absolute atomic E-state index is 0.187. The summed E-state index contributed by atoms with van der Waals surface area (Å²) in [5, 5.41) is 0. The maximum absolute atomic E-state index is 11.5. The van der Waals surface area contributed by atoms with E-state index in [0.717, 1.165) is 23.3 Å². The van der Waals surface area contributed by atoms with Gasteiger partial charge in [-0.15, -0.1) is 0 Å². The maximum atomic E-state index is 11.5. The fraction of sp³-hybridized carbons (Fsp3) is 0.125. The molecule has 1 aromatic carbocycles. The molecule has 0 unspecified atom stereocenters. The quantitative estimate of drug-likeness (QED) is 0.734. The van der Waals surface area contributed by atoms with E-state index in [4.69, 9.17) is 4.74 Å². The van der Waals surface area contributed by atoms with Crippen molar-refractivity contribution in [3.8, 4) is 22.8 Å². The number of imidazole rings is 1. The first kappa shape index (κ1) is 15.2. The summed E-state index contributed by atoms with van der Waals surface area (Å²) < 4.78 is 30.0. The predicted octanol–water partition coefficient (Wildman–Crippen LogP) is 2.35. The van der Waals surface area contributed by atoms with E-state index < -0.39 is 9.84 Å². The number of hydrogen-bond donors (Lipinski definition) is 0. The van der Waals surface area contributed by atoms with Crippen LogP contribution in [0.15, 0.2) is 60.0 Å². The Labute approximate surface area is 134 Å². The van der Waals surface area contributed by atoms with Gasteiger partial charge in [0.25, 0.3) is 0 Å². The Morgan fingerprint density at radius 3 is 2.35 bits per heavy atom. The van der Waals surface area contributed by atoms with Gasteiger partial charge in [0.1, 0.15) is 17.9 Å². The molecule has 0 bridgehead atoms. The minimum Gasteiger partial charge on any atom is -0.497 e. The van der Waals surface area contributed by atoms with Crippen LogP contribution < -0.4 is 4.74 Å². The van der Waals surface area contributed by atoms with Gasteiger partial charge in [0.2, 0.25) is 0 Å². The van der Waals surface area contributed by atoms with Crippen LogP contribution in [0.3, 0.4) is 0 Å². The normalized spacial score (nSPS) is 11.4. The molecule has 0 aliphatic carbocycles. The number of sulfone groups is 1. The van der Waals surface area contributed by atoms with Crippen LogP contribution in [0, 0.1) is 0 Å². The van der Waals surface area contributed by atoms with Crippen molar-refractivity contribution in [3.05, 3.63) is 55.1 Å². The van der Waals surface area contributed by atoms with Gasteiger partial charge in [-0.3, -0.25) is 4.57 Å². The number of hydrogen-bond acceptors (Lipinski definition) is 5. The lowest BCUT2D eigenvalue weighted by Crippen LogP contribution is -2.02. The Hall–Kier alpha value is -2.67. The zero-order valence-corrected chi connectivity index (χ0v) is 13.5. The highest BCUT2D eigenvalue weighted by molar-refractivity contribution is 7.90. The Kier molecular flexibility index (Phi) is 3.87. The van der Waals surface area contributed by atoms with Gasteiger partial charge in [-0.05, 0) is 36.4 Å². The summed E-state index contributed by atoms with van der Waals surface area (Å²) in [6.07, 6.45) is 5.88. The van der Waals surface area contributed by atoms with Gasteiger partial charge in [0, 0.05) is 18.0 Å². The number of nitrogens with zero attached hydrogens (tertiary/aromatic N) is 3. The van der Waals surface area contributed by atoms with E-state index in [0.29, 0.717) is 5.82 Å². The number of methoxy groups -OCH3 is 1. The first-order valence-corrected chi connectivity index (χ1v) is 8.71. The molecular weight excluding hydrogens is 314 g/mol. The fourth-order valence-corrected chi connectivity index (χ4v) is 2.75. The molecule has 23 heavy (non-hydrogen) atoms. The number of aromatic nitrogens is 3. The Morgan fingerprint density at radius 2 is 1.78 bits per heavy atom. The Bertz CT molecular complexity index is 914. The van der Waals surface area contributed by atoms with Crippen LogP contribution in [0.2, 0.25) is 0 Å². The van der Waals surface area contributed by atoms with Gasteiger partial charge in [-0.25, -0.2) is 18.4 Å². The third-order valence-corrected chi connectivity index (χ3v) is 4.52. The first-order chi connectivity index (χ1) is 11.0. The van der Waals surface area contributed by atoms with Gasteiger partial charge >= 0.3 is 0 Å². The van der Waals surface area contributed by atoms with Gasteiger partial charge in [0.15, 0.2) is 9.84 Å². The maximum Gasteiger partial charge on any atom is 0.177 e. The van der Waals surface area contributed by atoms with Crippen LogP contribution in [-0.2, 0) is 9.84 Å². The van der Waals surface area contributed by atoms with E-state index in [1.165, 1.54) is 12.3 Å². The number of ether oxygens (including phenoxy) is 1. The zero-order valence-electron chi connectivity index (χ0n) is 12.7. The molecule has 6 nitrogen and oxygen atoms in total. The summed E-state index contributed by atoms with van der Waals surface area (Å²) in [5.41, 5.74) is 1.81. The molecule has 0 spiro atoms. The van der Waals surface area contributed by atoms with Crippen molar-refractivity contribution in [1.82, 2.24) is 14.5 Å². The van der Waals surface area contributed by atoms with Crippen LogP contribution in [0.25, 0.3) is 17.1 Å². The smallest absolute Gasteiger partial charge is 0.177 e. The second-order valence-electron chi connectivity index (χ2n) is 5.00. The highest BCUT2D eigenvalue weighted by Crippen LogP contribution is 2.24. The van der Waals surface area contributed by atoms with Gasteiger partial charge in [-0.2, -0.15) is 0 Å². The molecule has 0 N–H and O–H groups in total. The highest BCUT2D eigenvalue weighted by atomic mass is 32.2. The fourth-order valence-electron chi connectivity index (χ4n) is 2.19. The number of pyridine rings is 1. The highest BCUT2D eigenvalue weighted by Gasteiger charge is 2.11. The summed E-state index contributed by atoms with van der Waals surface area (Å²) in [6.45, 7) is 0. The van der Waals surface area contributed by atoms with E-state index in [-0.39, 0.29) is 4.90 Å². The van der Waals surface area contributed by atoms with E-state index in [1.807, 2.05) is 24.3 Å². The van der Waals surface area contributed by atoms with Crippen molar-refractivity contribution in [2.75, 3.05) is 13.4 Å². The lowest BCUT2D eigenvalue weighted by molar-refractivity contribution is 0.415. The molecule has 2 aromatic heterocycles. The molecule has 0 aliphatic rings. The molecule has 0 fully saturated rings. The molecule has 0 atom stereocenters. The van der Waals surface area contributed by atoms with Crippen LogP contribution >= 0.6 is 0 Å². The molecule has 3 aromatic rings. The molecule has 7 heteroatoms. The van der Waals surface area contributed by atoms with Crippen molar-refractivity contribution in [2.24, 2.45) is 0 Å². The van der Waals surface area contributed by atoms with Crippen molar-refractivity contribution in [3.63, 3.8) is 0 Å². The minimum atomic E-state index is -3.26. The molecule has 0 amide bonds. The third-order valence-electron chi connectivity index (χ3n) is 3.42. The Morgan fingerprint density at radius 1 is 1.04 bits per heavy atom. The number of benzene rings is 1. The van der Waals surface area contributed by atoms with Gasteiger partial charge in [0.05, 0.1) is 23.9 Å². The van der Waals surface area contributed by atoms with Crippen molar-refractivity contribution in [2.45, 2.75) is 4.90 Å². The zero-order chi connectivity index (χ0) is 16.4. The summed E-state index contributed by atoms with van der Waals surface area (Å²) >= 11 is 0. The molecule has 0 aliphatic heterocycles. The molecule has 0 saturated heterocycles. The molecular formula is C16H15N3O3S. The van der Waals surface area contributed by atoms with E-state index in [9.17, 15) is 8.42 Å². The molecule has 0 radical (unpaired) electrons. The second-order valence-corrected chi connectivity index (χ2v) is 7.02. The summed E-state index contributed by atoms with van der Waals surface area (Å²) in [6, 6.07) is 10.8. The third kappa shape index (κ3) is 3.09.